The van der Waals surface area contributed by atoms with Crippen molar-refractivity contribution in [3.8, 4) is 0 Å². The fourth-order valence-corrected chi connectivity index (χ4v) is 4.11. The van der Waals surface area contributed by atoms with Crippen molar-refractivity contribution < 1.29 is 22.7 Å². The Morgan fingerprint density at radius 2 is 2.00 bits per heavy atom. The number of nitrogens with one attached hydrogen (secondary N) is 1. The minimum Gasteiger partial charge on any atom is -0.475 e. The molecular weight excluding hydrogens is 453 g/mol. The van der Waals surface area contributed by atoms with Crippen molar-refractivity contribution in [1.82, 2.24) is 0 Å². The average molecular weight is 459 g/mol. The molecule has 0 spiro atoms. The second-order valence-electron chi connectivity index (χ2n) is 3.76. The second kappa shape index (κ2) is 5.99. The molecule has 21 heavy (non-hydrogen) atoms. The van der Waals surface area contributed by atoms with Crippen molar-refractivity contribution in [2.75, 3.05) is 4.72 Å². The molecule has 2 rings (SSSR count). The van der Waals surface area contributed by atoms with E-state index in [1.54, 1.807) is 12.1 Å². The second-order valence-corrected chi connectivity index (χ2v) is 7.33. The molecule has 0 aliphatic heterocycles. The molecule has 0 unspecified atom stereocenters. The van der Waals surface area contributed by atoms with Crippen molar-refractivity contribution in [2.45, 2.75) is 4.90 Å². The van der Waals surface area contributed by atoms with Crippen LogP contribution in [0.3, 0.4) is 0 Å². The van der Waals surface area contributed by atoms with E-state index >= 15 is 0 Å². The molecule has 0 radical (unpaired) electrons. The van der Waals surface area contributed by atoms with Gasteiger partial charge in [-0.1, -0.05) is 17.7 Å². The van der Waals surface area contributed by atoms with Crippen LogP contribution in [0.4, 0.5) is 5.69 Å². The fourth-order valence-electron chi connectivity index (χ4n) is 1.42. The van der Waals surface area contributed by atoms with Gasteiger partial charge in [0.1, 0.15) is 4.90 Å². The molecule has 0 aliphatic rings. The highest BCUT2D eigenvalue weighted by molar-refractivity contribution is 9.10. The lowest BCUT2D eigenvalue weighted by molar-refractivity contribution is 0.0661. The van der Waals surface area contributed by atoms with E-state index in [2.05, 4.69) is 36.6 Å². The lowest BCUT2D eigenvalue weighted by Gasteiger charge is -2.09. The zero-order valence-electron chi connectivity index (χ0n) is 9.93. The molecule has 0 atom stereocenters. The molecular formula is C11H6Br2ClNO5S. The molecule has 0 saturated heterocycles. The number of sulfonamides is 1. The molecule has 6 nitrogen and oxygen atoms in total. The van der Waals surface area contributed by atoms with Gasteiger partial charge in [0.15, 0.2) is 4.67 Å². The van der Waals surface area contributed by atoms with E-state index in [1.165, 1.54) is 6.07 Å². The fraction of sp³-hybridized carbons (Fsp3) is 0. The minimum atomic E-state index is -4.04. The van der Waals surface area contributed by atoms with Crippen molar-refractivity contribution in [1.29, 1.82) is 0 Å². The summed E-state index contributed by atoms with van der Waals surface area (Å²) in [5.74, 6) is -1.87. The van der Waals surface area contributed by atoms with Gasteiger partial charge in [0, 0.05) is 6.07 Å². The predicted molar refractivity (Wildman–Crippen MR) is 83.3 cm³/mol. The Balaban J connectivity index is 2.43. The molecule has 1 aromatic carbocycles. The number of aromatic carboxylic acids is 1. The Morgan fingerprint density at radius 3 is 2.57 bits per heavy atom. The first kappa shape index (κ1) is 16.3. The molecule has 0 amide bonds. The first-order valence-corrected chi connectivity index (χ1v) is 8.66. The summed E-state index contributed by atoms with van der Waals surface area (Å²) in [6, 6.07) is 5.56. The van der Waals surface area contributed by atoms with Crippen LogP contribution in [0, 0.1) is 0 Å². The van der Waals surface area contributed by atoms with Gasteiger partial charge in [0.2, 0.25) is 5.76 Å². The van der Waals surface area contributed by atoms with Crippen LogP contribution in [0.1, 0.15) is 10.6 Å². The highest BCUT2D eigenvalue weighted by Crippen LogP contribution is 2.33. The molecule has 2 N–H and O–H groups in total. The summed E-state index contributed by atoms with van der Waals surface area (Å²) in [7, 11) is -4.04. The molecule has 10 heteroatoms. The monoisotopic (exact) mass is 457 g/mol. The molecule has 1 aromatic heterocycles. The summed E-state index contributed by atoms with van der Waals surface area (Å²) in [4.78, 5) is 10.5. The Bertz CT molecular complexity index is 818. The summed E-state index contributed by atoms with van der Waals surface area (Å²) in [5.41, 5.74) is 0.215. The van der Waals surface area contributed by atoms with E-state index in [-0.39, 0.29) is 15.3 Å². The number of anilines is 1. The smallest absolute Gasteiger partial charge is 0.371 e. The van der Waals surface area contributed by atoms with Crippen LogP contribution in [0.2, 0.25) is 5.02 Å². The maximum absolute atomic E-state index is 12.3. The number of carboxylic acid groups (broad SMARTS) is 1. The highest BCUT2D eigenvalue weighted by atomic mass is 79.9. The van der Waals surface area contributed by atoms with Gasteiger partial charge in [-0.05, 0) is 44.0 Å². The van der Waals surface area contributed by atoms with Crippen LogP contribution < -0.4 is 4.72 Å². The number of halogens is 3. The summed E-state index contributed by atoms with van der Waals surface area (Å²) in [6.07, 6.45) is 0. The highest BCUT2D eigenvalue weighted by Gasteiger charge is 2.25. The Hall–Kier alpha value is -1.03. The maximum atomic E-state index is 12.3. The van der Waals surface area contributed by atoms with Gasteiger partial charge >= 0.3 is 5.97 Å². The number of benzene rings is 1. The molecule has 0 bridgehead atoms. The maximum Gasteiger partial charge on any atom is 0.371 e. The lowest BCUT2D eigenvalue weighted by atomic mass is 10.3. The van der Waals surface area contributed by atoms with E-state index in [0.29, 0.717) is 9.50 Å². The van der Waals surface area contributed by atoms with E-state index in [4.69, 9.17) is 21.1 Å². The van der Waals surface area contributed by atoms with Crippen molar-refractivity contribution >= 4 is 65.1 Å². The van der Waals surface area contributed by atoms with Gasteiger partial charge in [-0.25, -0.2) is 13.2 Å². The number of hydrogen-bond acceptors (Lipinski definition) is 4. The van der Waals surface area contributed by atoms with E-state index in [9.17, 15) is 13.2 Å². The molecule has 0 aliphatic carbocycles. The summed E-state index contributed by atoms with van der Waals surface area (Å²) >= 11 is 11.9. The van der Waals surface area contributed by atoms with Crippen molar-refractivity contribution in [3.63, 3.8) is 0 Å². The van der Waals surface area contributed by atoms with Crippen LogP contribution in [0.25, 0.3) is 0 Å². The average Bonchev–Trinajstić information content (AvgIpc) is 2.78. The minimum absolute atomic E-state index is 0.203. The molecule has 0 fully saturated rings. The quantitative estimate of drug-likeness (QED) is 0.722. The number of hydrogen-bond donors (Lipinski definition) is 2. The van der Waals surface area contributed by atoms with Crippen LogP contribution in [-0.4, -0.2) is 19.5 Å². The molecule has 1 heterocycles. The van der Waals surface area contributed by atoms with E-state index in [0.717, 1.165) is 6.07 Å². The normalized spacial score (nSPS) is 11.4. The largest absolute Gasteiger partial charge is 0.475 e. The van der Waals surface area contributed by atoms with Gasteiger partial charge in [-0.3, -0.25) is 4.72 Å². The lowest BCUT2D eigenvalue weighted by Crippen LogP contribution is -2.13. The SMILES string of the molecule is O=C(O)c1cc(S(=O)(=O)Nc2cccc(Cl)c2Br)c(Br)o1. The van der Waals surface area contributed by atoms with Crippen molar-refractivity contribution in [2.24, 2.45) is 0 Å². The van der Waals surface area contributed by atoms with Gasteiger partial charge in [-0.2, -0.15) is 0 Å². The van der Waals surface area contributed by atoms with Crippen LogP contribution in [0.5, 0.6) is 0 Å². The third kappa shape index (κ3) is 3.42. The van der Waals surface area contributed by atoms with E-state index in [1.807, 2.05) is 0 Å². The molecule has 112 valence electrons. The summed E-state index contributed by atoms with van der Waals surface area (Å²) in [6.45, 7) is 0. The van der Waals surface area contributed by atoms with Crippen molar-refractivity contribution in [3.05, 3.63) is 44.2 Å². The summed E-state index contributed by atoms with van der Waals surface area (Å²) < 4.78 is 31.8. The Labute approximate surface area is 141 Å². The zero-order chi connectivity index (χ0) is 15.8. The van der Waals surface area contributed by atoms with Crippen LogP contribution in [-0.2, 0) is 10.0 Å². The third-order valence-electron chi connectivity index (χ3n) is 2.35. The molecule has 2 aromatic rings. The standard InChI is InChI=1S/C11H6Br2ClNO5S/c12-9-5(14)2-1-3-6(9)15-21(18,19)8-4-7(11(16)17)20-10(8)13/h1-4,15H,(H,16,17). The van der Waals surface area contributed by atoms with Crippen LogP contribution in [0.15, 0.2) is 42.7 Å². The summed E-state index contributed by atoms with van der Waals surface area (Å²) in [5, 5.41) is 9.13. The van der Waals surface area contributed by atoms with Gasteiger partial charge in [0.05, 0.1) is 15.2 Å². The van der Waals surface area contributed by atoms with Gasteiger partial charge in [0.25, 0.3) is 10.0 Å². The number of furan rings is 1. The third-order valence-corrected chi connectivity index (χ3v) is 5.97. The predicted octanol–water partition coefficient (Wildman–Crippen LogP) is 3.96. The first-order valence-electron chi connectivity index (χ1n) is 5.22. The van der Waals surface area contributed by atoms with Gasteiger partial charge in [-0.15, -0.1) is 0 Å². The first-order chi connectivity index (χ1) is 9.72. The zero-order valence-corrected chi connectivity index (χ0v) is 14.7. The van der Waals surface area contributed by atoms with E-state index < -0.39 is 21.8 Å². The molecule has 0 saturated carbocycles. The number of carbonyl (C=O) groups is 1. The van der Waals surface area contributed by atoms with Gasteiger partial charge < -0.3 is 9.52 Å². The topological polar surface area (TPSA) is 96.6 Å². The Morgan fingerprint density at radius 1 is 1.33 bits per heavy atom. The number of rotatable bonds is 4. The van der Waals surface area contributed by atoms with Crippen LogP contribution >= 0.6 is 43.5 Å². The Kier molecular flexibility index (Phi) is 4.66. The number of carboxylic acids is 1.